The monoisotopic (exact) mass is 1510 g/mol. The molecule has 25 nitrogen and oxygen atoms in total. The van der Waals surface area contributed by atoms with Crippen molar-refractivity contribution in [2.75, 3.05) is 111 Å². The topological polar surface area (TPSA) is 311 Å². The number of nitro groups is 2. The average molecular weight is 1510 g/mol. The van der Waals surface area contributed by atoms with E-state index in [2.05, 4.69) is 132 Å². The molecule has 0 saturated carbocycles. The van der Waals surface area contributed by atoms with Crippen LogP contribution < -0.4 is 31.1 Å². The van der Waals surface area contributed by atoms with Crippen LogP contribution in [0.1, 0.15) is 61.8 Å². The number of ether oxygens (including phenoxy) is 1. The zero-order valence-corrected chi connectivity index (χ0v) is 61.6. The second kappa shape index (κ2) is 45.6. The van der Waals surface area contributed by atoms with E-state index in [9.17, 15) is 44.1 Å². The molecule has 6 N–H and O–H groups in total. The first-order valence-corrected chi connectivity index (χ1v) is 35.2. The summed E-state index contributed by atoms with van der Waals surface area (Å²) in [6.07, 6.45) is 2.33. The summed E-state index contributed by atoms with van der Waals surface area (Å²) in [4.78, 5) is 97.1. The molecule has 0 aromatic heterocycles. The van der Waals surface area contributed by atoms with Crippen LogP contribution in [0.4, 0.5) is 44.2 Å². The summed E-state index contributed by atoms with van der Waals surface area (Å²) >= 11 is 0. The average Bonchev–Trinajstić information content (AvgIpc) is 1.78. The Kier molecular flexibility index (Phi) is 36.3. The number of nitrogen functional groups attached to an aromatic ring is 1. The third kappa shape index (κ3) is 28.6. The van der Waals surface area contributed by atoms with E-state index in [1.165, 1.54) is 67.1 Å². The van der Waals surface area contributed by atoms with Gasteiger partial charge in [0.05, 0.1) is 70.7 Å². The Morgan fingerprint density at radius 1 is 0.542 bits per heavy atom. The quantitative estimate of drug-likeness (QED) is 0.0186. The largest absolute Gasteiger partial charge is 0.481 e. The molecule has 13 rings (SSSR count). The number of benzene rings is 8. The molecule has 0 radical (unpaired) electrons. The van der Waals surface area contributed by atoms with Crippen LogP contribution in [0, 0.1) is 26.0 Å². The minimum atomic E-state index is -0.833. The number of carbonyl (C=O) groups excluding carboxylic acids is 4. The molecular weight excluding hydrogens is 1410 g/mol. The molecule has 107 heavy (non-hydrogen) atoms. The van der Waals surface area contributed by atoms with Gasteiger partial charge < -0.3 is 46.0 Å². The first kappa shape index (κ1) is 85.2. The number of fused-ring (bicyclic) bond motifs is 3. The number of carboxylic acids is 2. The normalized spacial score (nSPS) is 17.5. The van der Waals surface area contributed by atoms with Crippen molar-refractivity contribution in [3.63, 3.8) is 0 Å². The minimum Gasteiger partial charge on any atom is -0.481 e. The second-order valence-corrected chi connectivity index (χ2v) is 25.7. The van der Waals surface area contributed by atoms with E-state index < -0.39 is 28.4 Å². The summed E-state index contributed by atoms with van der Waals surface area (Å²) in [6, 6.07) is 69.9. The van der Waals surface area contributed by atoms with Crippen LogP contribution in [0.15, 0.2) is 218 Å². The number of piperazine rings is 4. The standard InChI is InChI=1S/C20H23N3O4.C19H23N3O2.C19H21N3O.C13H20N2.C6H4FNO2.C2H4O2.CO2.Fe/c1-27-20(24)13-17-15-21(14-16-7-3-2-4-8-16)11-12-22(17)18-9-5-6-10-19(18)23(25)26;20-17-8-4-5-9-18(17)22-11-10-21(14-16(22)12-19(23)24)13-15-6-2-1-3-7-15;23-19-12-16-14-21(13-15-6-2-1-3-7-15)10-11-22(16)18-9-5-4-8-17(18)20-19;1-2-13-11-15(9-8-14-13)10-12-6-4-3-5-7-12;7-5-3-1-2-4-6(5)8(9)10;1-2(3)4;2-1-3;/h2-10,17H,11-15H2,1H3;1-9,16H,10-14,20H2,(H,23,24);1-9,16H,10-14H2,(H,20,23);3-7,13-14H,2,8-11H2,1H3;1-4H;1H3,(H,3,4);;. The van der Waals surface area contributed by atoms with Crippen molar-refractivity contribution >= 4 is 69.8 Å². The maximum atomic E-state index is 12.4. The Balaban J connectivity index is 0.000000210. The summed E-state index contributed by atoms with van der Waals surface area (Å²) in [5, 5.41) is 44.7. The number of methoxy groups -OCH3 is 1. The number of rotatable bonds is 17. The van der Waals surface area contributed by atoms with Gasteiger partial charge in [0.25, 0.3) is 11.7 Å². The van der Waals surface area contributed by atoms with Crippen LogP contribution in [0.2, 0.25) is 0 Å². The van der Waals surface area contributed by atoms with Gasteiger partial charge in [-0.3, -0.25) is 59.0 Å². The number of nitrogens with one attached hydrogen (secondary N) is 2. The number of para-hydroxylation sites is 7. The Bertz CT molecular complexity index is 4080. The molecule has 5 aliphatic heterocycles. The van der Waals surface area contributed by atoms with Crippen LogP contribution in [-0.2, 0) is 76.8 Å². The summed E-state index contributed by atoms with van der Waals surface area (Å²) in [6.45, 7) is 17.8. The van der Waals surface area contributed by atoms with Gasteiger partial charge in [0.15, 0.2) is 0 Å². The predicted octanol–water partition coefficient (Wildman–Crippen LogP) is 11.1. The fourth-order valence-corrected chi connectivity index (χ4v) is 13.3. The number of hydrogen-bond donors (Lipinski definition) is 5. The number of amides is 1. The van der Waals surface area contributed by atoms with Crippen LogP contribution in [0.5, 0.6) is 0 Å². The number of anilines is 5. The van der Waals surface area contributed by atoms with E-state index in [0.29, 0.717) is 36.9 Å². The Hall–Kier alpha value is -10.7. The van der Waals surface area contributed by atoms with Crippen LogP contribution in [0.3, 0.4) is 0 Å². The van der Waals surface area contributed by atoms with Crippen molar-refractivity contribution in [3.05, 3.63) is 267 Å². The van der Waals surface area contributed by atoms with Crippen molar-refractivity contribution in [2.45, 2.75) is 89.9 Å². The fourth-order valence-electron chi connectivity index (χ4n) is 13.3. The second-order valence-electron chi connectivity index (χ2n) is 25.7. The first-order chi connectivity index (χ1) is 51.2. The van der Waals surface area contributed by atoms with Crippen LogP contribution >= 0.6 is 0 Å². The van der Waals surface area contributed by atoms with E-state index in [1.54, 1.807) is 18.2 Å². The van der Waals surface area contributed by atoms with Crippen molar-refractivity contribution in [1.29, 1.82) is 0 Å². The molecule has 1 amide bonds. The molecule has 8 aromatic carbocycles. The van der Waals surface area contributed by atoms with Crippen LogP contribution in [0.25, 0.3) is 0 Å². The maximum absolute atomic E-state index is 12.4. The van der Waals surface area contributed by atoms with E-state index in [1.807, 2.05) is 89.8 Å². The maximum Gasteiger partial charge on any atom is 0.373 e. The molecule has 4 fully saturated rings. The molecule has 4 atom stereocenters. The molecule has 0 bridgehead atoms. The zero-order valence-electron chi connectivity index (χ0n) is 60.5. The number of esters is 1. The summed E-state index contributed by atoms with van der Waals surface area (Å²) in [5.74, 6) is -2.61. The van der Waals surface area contributed by atoms with Gasteiger partial charge in [-0.05, 0) is 65.1 Å². The molecule has 0 aliphatic carbocycles. The molecule has 4 unspecified atom stereocenters. The van der Waals surface area contributed by atoms with Crippen molar-refractivity contribution in [3.8, 4) is 0 Å². The van der Waals surface area contributed by atoms with Gasteiger partial charge in [0, 0.05) is 153 Å². The number of carbonyl (C=O) groups is 4. The van der Waals surface area contributed by atoms with E-state index in [4.69, 9.17) is 30.0 Å². The predicted molar refractivity (Wildman–Crippen MR) is 406 cm³/mol. The van der Waals surface area contributed by atoms with Crippen LogP contribution in [-0.4, -0.2) is 179 Å². The van der Waals surface area contributed by atoms with Gasteiger partial charge in [-0.15, -0.1) is 0 Å². The Labute approximate surface area is 634 Å². The van der Waals surface area contributed by atoms with Crippen molar-refractivity contribution in [2.24, 2.45) is 0 Å². The first-order valence-electron chi connectivity index (χ1n) is 35.2. The summed E-state index contributed by atoms with van der Waals surface area (Å²) < 4.78 is 17.2. The van der Waals surface area contributed by atoms with Crippen molar-refractivity contribution < 1.29 is 75.0 Å². The van der Waals surface area contributed by atoms with Gasteiger partial charge in [-0.25, -0.2) is 0 Å². The van der Waals surface area contributed by atoms with Gasteiger partial charge in [-0.2, -0.15) is 14.0 Å². The third-order valence-corrected chi connectivity index (χ3v) is 18.2. The number of aliphatic carboxylic acids is 2. The van der Waals surface area contributed by atoms with Gasteiger partial charge in [0.2, 0.25) is 11.7 Å². The molecule has 0 spiro atoms. The van der Waals surface area contributed by atoms with Gasteiger partial charge in [0.1, 0.15) is 5.69 Å². The molecular formula is C80H95FFeN12O13. The Morgan fingerprint density at radius 2 is 0.935 bits per heavy atom. The molecule has 27 heteroatoms. The number of halogens is 1. The Morgan fingerprint density at radius 3 is 1.38 bits per heavy atom. The summed E-state index contributed by atoms with van der Waals surface area (Å²) in [5.41, 5.74) is 15.2. The number of nitrogens with zero attached hydrogens (tertiary/aromatic N) is 9. The van der Waals surface area contributed by atoms with Gasteiger partial charge in [-0.1, -0.05) is 177 Å². The molecule has 5 aliphatic rings. The van der Waals surface area contributed by atoms with E-state index >= 15 is 0 Å². The molecule has 8 aromatic rings. The number of hydrogen-bond acceptors (Lipinski definition) is 20. The van der Waals surface area contributed by atoms with E-state index in [-0.39, 0.29) is 76.7 Å². The third-order valence-electron chi connectivity index (χ3n) is 18.2. The SMILES string of the molecule is CC(=O)O.CCC1CN(Cc2ccccc2)CCN1.COC(=O)CC1CN(Cc2ccccc2)CCN1c1ccccc1[N+](=O)[O-].Nc1ccccc1N1CCN(Cc2ccccc2)CC1CC(=O)O.O=C1CC2CN(Cc3ccccc3)CCN2c2ccccc2N1.O=C=O.O=[N+]([O-])c1ccccc1F.[Fe]. The molecule has 5 heterocycles. The minimum absolute atomic E-state index is 0. The number of carboxylic acid groups (broad SMARTS) is 2. The molecule has 568 valence electrons. The molecule has 4 saturated heterocycles. The number of nitrogens with two attached hydrogens (primary N) is 1. The summed E-state index contributed by atoms with van der Waals surface area (Å²) in [7, 11) is 1.36. The zero-order chi connectivity index (χ0) is 76.2. The van der Waals surface area contributed by atoms with E-state index in [0.717, 1.165) is 115 Å². The van der Waals surface area contributed by atoms with Gasteiger partial charge >= 0.3 is 23.8 Å². The fraction of sp³-hybridized carbons (Fsp3) is 0.338. The number of nitro benzene ring substituents is 2. The smallest absolute Gasteiger partial charge is 0.373 e. The van der Waals surface area contributed by atoms with Crippen molar-refractivity contribution in [1.82, 2.24) is 24.9 Å².